The molecule has 0 bridgehead atoms. The zero-order chi connectivity index (χ0) is 35.3. The molecule has 49 heavy (non-hydrogen) atoms. The van der Waals surface area contributed by atoms with Gasteiger partial charge in [-0.05, 0) is 60.8 Å². The molecule has 0 saturated heterocycles. The Hall–Kier alpha value is -5.30. The van der Waals surface area contributed by atoms with Crippen molar-refractivity contribution >= 4 is 45.8 Å². The number of halogens is 3. The zero-order valence-corrected chi connectivity index (χ0v) is 27.3. The molecular formula is C36H38F3N5O5. The van der Waals surface area contributed by atoms with Crippen LogP contribution in [0.15, 0.2) is 84.9 Å². The first-order valence-electron chi connectivity index (χ1n) is 15.8. The topological polar surface area (TPSA) is 123 Å². The number of likely N-dealkylation sites (N-methyl/N-ethyl adjacent to an activating group) is 1. The number of hydrogen-bond acceptors (Lipinski definition) is 5. The lowest BCUT2D eigenvalue weighted by Crippen LogP contribution is -2.48. The molecule has 0 aliphatic carbocycles. The lowest BCUT2D eigenvalue weighted by molar-refractivity contribution is -0.137. The minimum absolute atomic E-state index is 0.0655. The Morgan fingerprint density at radius 3 is 2.39 bits per heavy atom. The van der Waals surface area contributed by atoms with Crippen LogP contribution in [0.5, 0.6) is 5.75 Å². The number of nitrogens with one attached hydrogen (secondary N) is 3. The van der Waals surface area contributed by atoms with Crippen molar-refractivity contribution in [2.75, 3.05) is 42.7 Å². The van der Waals surface area contributed by atoms with Crippen LogP contribution in [0.4, 0.5) is 39.8 Å². The normalized spacial score (nSPS) is 17.1. The van der Waals surface area contributed by atoms with Crippen LogP contribution in [0, 0.1) is 5.92 Å². The fraction of sp³-hybridized carbons (Fsp3) is 0.306. The maximum atomic E-state index is 13.6. The quantitative estimate of drug-likeness (QED) is 0.171. The Labute approximate surface area is 281 Å². The van der Waals surface area contributed by atoms with Crippen LogP contribution >= 0.6 is 0 Å². The van der Waals surface area contributed by atoms with Gasteiger partial charge < -0.3 is 35.6 Å². The summed E-state index contributed by atoms with van der Waals surface area (Å²) in [7, 11) is 1.53. The van der Waals surface area contributed by atoms with Gasteiger partial charge >= 0.3 is 18.2 Å². The number of ether oxygens (including phenoxy) is 1. The second-order valence-corrected chi connectivity index (χ2v) is 12.2. The molecule has 4 aromatic carbocycles. The monoisotopic (exact) mass is 677 g/mol. The second kappa shape index (κ2) is 14.9. The van der Waals surface area contributed by atoms with E-state index in [-0.39, 0.29) is 43.6 Å². The SMILES string of the molecule is C[C@H]1CN([C@@H](C)CO)C(=O)Cc2cc(NC(=O)Nc3cccc4ccccc34)ccc2O[C@H]1CN(C)C(=O)Nc1ccc(C(F)(F)F)cc1. The molecule has 0 aromatic heterocycles. The summed E-state index contributed by atoms with van der Waals surface area (Å²) in [5.41, 5.74) is 0.918. The van der Waals surface area contributed by atoms with Crippen molar-refractivity contribution in [1.29, 1.82) is 0 Å². The van der Waals surface area contributed by atoms with E-state index in [2.05, 4.69) is 16.0 Å². The van der Waals surface area contributed by atoms with E-state index in [0.717, 1.165) is 22.9 Å². The van der Waals surface area contributed by atoms with Gasteiger partial charge in [-0.1, -0.05) is 43.3 Å². The van der Waals surface area contributed by atoms with Crippen LogP contribution in [0.3, 0.4) is 0 Å². The summed E-state index contributed by atoms with van der Waals surface area (Å²) in [4.78, 5) is 42.6. The molecule has 0 radical (unpaired) electrons. The van der Waals surface area contributed by atoms with Crippen molar-refractivity contribution in [3.05, 3.63) is 96.1 Å². The van der Waals surface area contributed by atoms with Gasteiger partial charge in [0, 0.05) is 41.8 Å². The Morgan fingerprint density at radius 1 is 0.980 bits per heavy atom. The average molecular weight is 678 g/mol. The number of urea groups is 2. The molecule has 0 fully saturated rings. The molecule has 258 valence electrons. The van der Waals surface area contributed by atoms with Crippen LogP contribution < -0.4 is 20.7 Å². The number of carbonyl (C=O) groups excluding carboxylic acids is 3. The van der Waals surface area contributed by atoms with Gasteiger partial charge in [-0.2, -0.15) is 13.2 Å². The van der Waals surface area contributed by atoms with Gasteiger partial charge in [-0.25, -0.2) is 9.59 Å². The minimum Gasteiger partial charge on any atom is -0.488 e. The van der Waals surface area contributed by atoms with E-state index in [9.17, 15) is 32.7 Å². The number of benzene rings is 4. The highest BCUT2D eigenvalue weighted by Crippen LogP contribution is 2.31. The molecule has 5 rings (SSSR count). The first kappa shape index (κ1) is 35.0. The highest BCUT2D eigenvalue weighted by Gasteiger charge is 2.33. The number of nitrogens with zero attached hydrogens (tertiary/aromatic N) is 2. The first-order chi connectivity index (χ1) is 23.3. The third kappa shape index (κ3) is 8.60. The number of carbonyl (C=O) groups is 3. The summed E-state index contributed by atoms with van der Waals surface area (Å²) >= 11 is 0. The van der Waals surface area contributed by atoms with Crippen molar-refractivity contribution < 1.29 is 37.4 Å². The van der Waals surface area contributed by atoms with Crippen molar-refractivity contribution in [2.24, 2.45) is 5.92 Å². The highest BCUT2D eigenvalue weighted by atomic mass is 19.4. The van der Waals surface area contributed by atoms with E-state index >= 15 is 0 Å². The molecule has 4 N–H and O–H groups in total. The fourth-order valence-electron chi connectivity index (χ4n) is 5.66. The van der Waals surface area contributed by atoms with Gasteiger partial charge in [0.2, 0.25) is 5.91 Å². The van der Waals surface area contributed by atoms with Gasteiger partial charge in [0.25, 0.3) is 0 Å². The Balaban J connectivity index is 1.34. The molecule has 0 spiro atoms. The average Bonchev–Trinajstić information content (AvgIpc) is 3.11. The van der Waals surface area contributed by atoms with Crippen LogP contribution in [0.2, 0.25) is 0 Å². The molecule has 3 atom stereocenters. The molecule has 1 aliphatic heterocycles. The Morgan fingerprint density at radius 2 is 1.67 bits per heavy atom. The van der Waals surface area contributed by atoms with Crippen molar-refractivity contribution in [1.82, 2.24) is 9.80 Å². The number of anilines is 3. The maximum Gasteiger partial charge on any atom is 0.416 e. The second-order valence-electron chi connectivity index (χ2n) is 12.2. The van der Waals surface area contributed by atoms with Gasteiger partial charge in [0.05, 0.1) is 36.9 Å². The molecule has 1 aliphatic rings. The lowest BCUT2D eigenvalue weighted by atomic mass is 10.0. The molecular weight excluding hydrogens is 639 g/mol. The lowest BCUT2D eigenvalue weighted by Gasteiger charge is -2.34. The predicted octanol–water partition coefficient (Wildman–Crippen LogP) is 6.82. The molecule has 0 unspecified atom stereocenters. The Bertz CT molecular complexity index is 1810. The van der Waals surface area contributed by atoms with Crippen molar-refractivity contribution in [3.8, 4) is 5.75 Å². The van der Waals surface area contributed by atoms with Crippen molar-refractivity contribution in [2.45, 2.75) is 38.6 Å². The number of hydrogen-bond donors (Lipinski definition) is 4. The number of aliphatic hydroxyl groups excluding tert-OH is 1. The third-order valence-corrected chi connectivity index (χ3v) is 8.48. The molecule has 5 amide bonds. The van der Waals surface area contributed by atoms with E-state index < -0.39 is 35.9 Å². The van der Waals surface area contributed by atoms with Gasteiger partial charge in [0.15, 0.2) is 0 Å². The highest BCUT2D eigenvalue weighted by molar-refractivity contribution is 6.06. The molecule has 13 heteroatoms. The Kier molecular flexibility index (Phi) is 10.6. The molecule has 0 saturated carbocycles. The van der Waals surface area contributed by atoms with Crippen LogP contribution in [-0.2, 0) is 17.4 Å². The maximum absolute atomic E-state index is 13.6. The standard InChI is InChI=1S/C36H38F3N5O5/c1-22-19-44(23(2)21-45)33(46)18-25-17-28(40-34(47)42-30-10-6-8-24-7-4-5-9-29(24)30)15-16-31(25)49-32(22)20-43(3)35(48)41-27-13-11-26(12-14-27)36(37,38)39/h4-17,22-23,32,45H,18-21H2,1-3H3,(H,41,48)(H2,40,42,47)/t22-,23-,32-/m0/s1. The van der Waals surface area contributed by atoms with Crippen LogP contribution in [-0.4, -0.2) is 71.8 Å². The molecule has 1 heterocycles. The van der Waals surface area contributed by atoms with E-state index in [1.165, 1.54) is 24.1 Å². The van der Waals surface area contributed by atoms with E-state index in [0.29, 0.717) is 22.7 Å². The third-order valence-electron chi connectivity index (χ3n) is 8.48. The van der Waals surface area contributed by atoms with Gasteiger partial charge in [0.1, 0.15) is 11.9 Å². The number of aliphatic hydroxyl groups is 1. The first-order valence-corrected chi connectivity index (χ1v) is 15.8. The summed E-state index contributed by atoms with van der Waals surface area (Å²) in [5.74, 6) is -0.167. The fourth-order valence-corrected chi connectivity index (χ4v) is 5.66. The van der Waals surface area contributed by atoms with E-state index in [1.54, 1.807) is 36.1 Å². The smallest absolute Gasteiger partial charge is 0.416 e. The largest absolute Gasteiger partial charge is 0.488 e. The number of alkyl halides is 3. The summed E-state index contributed by atoms with van der Waals surface area (Å²) in [5, 5.41) is 20.1. The van der Waals surface area contributed by atoms with Crippen molar-refractivity contribution in [3.63, 3.8) is 0 Å². The molecule has 4 aromatic rings. The number of amides is 5. The molecule has 10 nitrogen and oxygen atoms in total. The van der Waals surface area contributed by atoms with E-state index in [4.69, 9.17) is 4.74 Å². The van der Waals surface area contributed by atoms with Crippen LogP contribution in [0.25, 0.3) is 10.8 Å². The number of fused-ring (bicyclic) bond motifs is 2. The van der Waals surface area contributed by atoms with Gasteiger partial charge in [-0.15, -0.1) is 0 Å². The summed E-state index contributed by atoms with van der Waals surface area (Å²) in [6.07, 6.45) is -5.19. The summed E-state index contributed by atoms with van der Waals surface area (Å²) in [6.45, 7) is 3.64. The van der Waals surface area contributed by atoms with Gasteiger partial charge in [-0.3, -0.25) is 4.79 Å². The van der Waals surface area contributed by atoms with E-state index in [1.807, 2.05) is 43.3 Å². The zero-order valence-electron chi connectivity index (χ0n) is 27.3. The predicted molar refractivity (Wildman–Crippen MR) is 182 cm³/mol. The summed E-state index contributed by atoms with van der Waals surface area (Å²) < 4.78 is 45.3. The minimum atomic E-state index is -4.50. The summed E-state index contributed by atoms with van der Waals surface area (Å²) in [6, 6.07) is 20.8. The number of rotatable bonds is 7. The van der Waals surface area contributed by atoms with Crippen LogP contribution in [0.1, 0.15) is 25.0 Å².